The summed E-state index contributed by atoms with van der Waals surface area (Å²) in [6.07, 6.45) is 5.45. The number of carbonyl (C=O) groups is 1. The van der Waals surface area contributed by atoms with Gasteiger partial charge in [-0.15, -0.1) is 0 Å². The third kappa shape index (κ3) is 5.42. The van der Waals surface area contributed by atoms with Gasteiger partial charge < -0.3 is 15.8 Å². The van der Waals surface area contributed by atoms with Gasteiger partial charge in [0, 0.05) is 18.3 Å². The van der Waals surface area contributed by atoms with Crippen LogP contribution in [-0.4, -0.2) is 31.6 Å². The van der Waals surface area contributed by atoms with Crippen LogP contribution in [0.25, 0.3) is 0 Å². The zero-order chi connectivity index (χ0) is 14.1. The van der Waals surface area contributed by atoms with Crippen molar-refractivity contribution in [2.24, 2.45) is 0 Å². The number of benzene rings is 1. The molecule has 0 fully saturated rings. The van der Waals surface area contributed by atoms with E-state index in [0.717, 1.165) is 12.8 Å². The van der Waals surface area contributed by atoms with E-state index in [0.29, 0.717) is 23.5 Å². The second kappa shape index (κ2) is 8.69. The van der Waals surface area contributed by atoms with E-state index in [1.54, 1.807) is 18.2 Å². The Kier molecular flexibility index (Phi) is 7.18. The molecule has 0 aliphatic rings. The zero-order valence-electron chi connectivity index (χ0n) is 11.6. The normalized spacial score (nSPS) is 10.2. The molecule has 1 rings (SSSR count). The summed E-state index contributed by atoms with van der Waals surface area (Å²) in [7, 11) is 1.54. The Morgan fingerprint density at radius 1 is 1.37 bits per heavy atom. The Morgan fingerprint density at radius 2 is 2.16 bits per heavy atom. The lowest BCUT2D eigenvalue weighted by atomic mass is 10.1. The molecule has 3 N–H and O–H groups in total. The van der Waals surface area contributed by atoms with Crippen LogP contribution in [0, 0.1) is 0 Å². The number of amides is 1. The molecule has 0 bridgehead atoms. The van der Waals surface area contributed by atoms with Gasteiger partial charge in [-0.3, -0.25) is 4.79 Å². The first-order chi connectivity index (χ1) is 9.19. The summed E-state index contributed by atoms with van der Waals surface area (Å²) in [4.78, 5) is 12.0. The van der Waals surface area contributed by atoms with Gasteiger partial charge in [0.1, 0.15) is 5.75 Å². The quantitative estimate of drug-likeness (QED) is 0.568. The van der Waals surface area contributed by atoms with E-state index >= 15 is 0 Å². The Labute approximate surface area is 119 Å². The maximum atomic E-state index is 12.0. The lowest BCUT2D eigenvalue weighted by Crippen LogP contribution is -2.25. The number of thioether (sulfide) groups is 1. The van der Waals surface area contributed by atoms with Crippen molar-refractivity contribution < 1.29 is 9.53 Å². The number of ether oxygens (including phenoxy) is 1. The van der Waals surface area contributed by atoms with E-state index in [1.165, 1.54) is 19.3 Å². The largest absolute Gasteiger partial charge is 0.496 e. The zero-order valence-corrected chi connectivity index (χ0v) is 12.4. The minimum Gasteiger partial charge on any atom is -0.496 e. The van der Waals surface area contributed by atoms with Gasteiger partial charge in [0.25, 0.3) is 5.91 Å². The fourth-order valence-electron chi connectivity index (χ4n) is 1.74. The number of hydrogen-bond acceptors (Lipinski definition) is 4. The number of methoxy groups -OCH3 is 1. The second-order valence-electron chi connectivity index (χ2n) is 4.27. The standard InChI is InChI=1S/C14H22N2O2S/c1-18-13-10-11(15)6-7-12(13)14(17)16-8-4-3-5-9-19-2/h6-7,10H,3-5,8-9,15H2,1-2H3,(H,16,17). The monoisotopic (exact) mass is 282 g/mol. The van der Waals surface area contributed by atoms with Crippen molar-refractivity contribution in [3.8, 4) is 5.75 Å². The molecular weight excluding hydrogens is 260 g/mol. The highest BCUT2D eigenvalue weighted by Gasteiger charge is 2.11. The summed E-state index contributed by atoms with van der Waals surface area (Å²) in [5, 5.41) is 2.90. The maximum absolute atomic E-state index is 12.0. The first-order valence-corrected chi connectivity index (χ1v) is 7.79. The predicted octanol–water partition coefficient (Wildman–Crippen LogP) is 2.54. The van der Waals surface area contributed by atoms with Gasteiger partial charge in [0.05, 0.1) is 12.7 Å². The van der Waals surface area contributed by atoms with Crippen LogP contribution in [0.5, 0.6) is 5.75 Å². The molecule has 0 spiro atoms. The van der Waals surface area contributed by atoms with Crippen molar-refractivity contribution in [1.29, 1.82) is 0 Å². The van der Waals surface area contributed by atoms with E-state index < -0.39 is 0 Å². The SMILES string of the molecule is COc1cc(N)ccc1C(=O)NCCCCCSC. The molecule has 106 valence electrons. The van der Waals surface area contributed by atoms with Gasteiger partial charge in [-0.1, -0.05) is 6.42 Å². The highest BCUT2D eigenvalue weighted by molar-refractivity contribution is 7.98. The Balaban J connectivity index is 2.41. The molecule has 0 heterocycles. The highest BCUT2D eigenvalue weighted by Crippen LogP contribution is 2.21. The lowest BCUT2D eigenvalue weighted by molar-refractivity contribution is 0.0950. The molecule has 1 aromatic rings. The Hall–Kier alpha value is -1.36. The van der Waals surface area contributed by atoms with Crippen LogP contribution in [0.1, 0.15) is 29.6 Å². The van der Waals surface area contributed by atoms with Crippen molar-refractivity contribution in [1.82, 2.24) is 5.32 Å². The maximum Gasteiger partial charge on any atom is 0.255 e. The van der Waals surface area contributed by atoms with Crippen molar-refractivity contribution in [2.75, 3.05) is 31.4 Å². The van der Waals surface area contributed by atoms with Crippen LogP contribution >= 0.6 is 11.8 Å². The molecule has 0 aliphatic heterocycles. The molecule has 5 heteroatoms. The molecule has 4 nitrogen and oxygen atoms in total. The smallest absolute Gasteiger partial charge is 0.255 e. The molecule has 0 saturated carbocycles. The number of unbranched alkanes of at least 4 members (excludes halogenated alkanes) is 2. The fraction of sp³-hybridized carbons (Fsp3) is 0.500. The van der Waals surface area contributed by atoms with Crippen LogP contribution in [0.15, 0.2) is 18.2 Å². The number of hydrogen-bond donors (Lipinski definition) is 2. The third-order valence-corrected chi connectivity index (χ3v) is 3.48. The minimum absolute atomic E-state index is 0.110. The number of nitrogens with one attached hydrogen (secondary N) is 1. The number of nitrogen functional groups attached to an aromatic ring is 1. The summed E-state index contributed by atoms with van der Waals surface area (Å²) in [5.41, 5.74) is 6.77. The summed E-state index contributed by atoms with van der Waals surface area (Å²) in [5.74, 6) is 1.58. The molecule has 19 heavy (non-hydrogen) atoms. The summed E-state index contributed by atoms with van der Waals surface area (Å²) >= 11 is 1.85. The first-order valence-electron chi connectivity index (χ1n) is 6.39. The number of carbonyl (C=O) groups excluding carboxylic acids is 1. The minimum atomic E-state index is -0.110. The fourth-order valence-corrected chi connectivity index (χ4v) is 2.23. The first kappa shape index (κ1) is 15.7. The van der Waals surface area contributed by atoms with E-state index in [1.807, 2.05) is 11.8 Å². The second-order valence-corrected chi connectivity index (χ2v) is 5.25. The van der Waals surface area contributed by atoms with Gasteiger partial charge in [-0.25, -0.2) is 0 Å². The van der Waals surface area contributed by atoms with Gasteiger partial charge in [-0.2, -0.15) is 11.8 Å². The molecule has 0 atom stereocenters. The van der Waals surface area contributed by atoms with E-state index in [-0.39, 0.29) is 5.91 Å². The topological polar surface area (TPSA) is 64.3 Å². The molecule has 0 radical (unpaired) electrons. The van der Waals surface area contributed by atoms with Crippen LogP contribution in [0.4, 0.5) is 5.69 Å². The molecule has 1 amide bonds. The highest BCUT2D eigenvalue weighted by atomic mass is 32.2. The average Bonchev–Trinajstić information content (AvgIpc) is 2.42. The summed E-state index contributed by atoms with van der Waals surface area (Å²) in [6, 6.07) is 5.06. The number of nitrogens with two attached hydrogens (primary N) is 1. The van der Waals surface area contributed by atoms with Gasteiger partial charge in [-0.05, 0) is 37.0 Å². The van der Waals surface area contributed by atoms with Gasteiger partial charge in [0.15, 0.2) is 0 Å². The van der Waals surface area contributed by atoms with E-state index in [4.69, 9.17) is 10.5 Å². The molecule has 0 aromatic heterocycles. The number of rotatable bonds is 8. The van der Waals surface area contributed by atoms with Crippen molar-refractivity contribution in [3.63, 3.8) is 0 Å². The third-order valence-electron chi connectivity index (χ3n) is 2.78. The molecule has 0 saturated heterocycles. The lowest BCUT2D eigenvalue weighted by Gasteiger charge is -2.10. The van der Waals surface area contributed by atoms with Crippen LogP contribution in [-0.2, 0) is 0 Å². The Morgan fingerprint density at radius 3 is 2.84 bits per heavy atom. The molecule has 0 aliphatic carbocycles. The average molecular weight is 282 g/mol. The molecular formula is C14H22N2O2S. The van der Waals surface area contributed by atoms with Gasteiger partial charge in [0.2, 0.25) is 0 Å². The van der Waals surface area contributed by atoms with Crippen molar-refractivity contribution in [3.05, 3.63) is 23.8 Å². The van der Waals surface area contributed by atoms with E-state index in [2.05, 4.69) is 11.6 Å². The van der Waals surface area contributed by atoms with Crippen molar-refractivity contribution >= 4 is 23.4 Å². The molecule has 1 aromatic carbocycles. The molecule has 0 unspecified atom stereocenters. The number of anilines is 1. The predicted molar refractivity (Wildman–Crippen MR) is 82.0 cm³/mol. The summed E-state index contributed by atoms with van der Waals surface area (Å²) < 4.78 is 5.16. The summed E-state index contributed by atoms with van der Waals surface area (Å²) in [6.45, 7) is 0.695. The Bertz CT molecular complexity index is 410. The van der Waals surface area contributed by atoms with Crippen LogP contribution in [0.3, 0.4) is 0 Å². The van der Waals surface area contributed by atoms with Gasteiger partial charge >= 0.3 is 0 Å². The van der Waals surface area contributed by atoms with E-state index in [9.17, 15) is 4.79 Å². The van der Waals surface area contributed by atoms with Crippen LogP contribution < -0.4 is 15.8 Å². The van der Waals surface area contributed by atoms with Crippen LogP contribution in [0.2, 0.25) is 0 Å². The van der Waals surface area contributed by atoms with Crippen molar-refractivity contribution in [2.45, 2.75) is 19.3 Å².